The Morgan fingerprint density at radius 3 is 2.62 bits per heavy atom. The molecule has 3 nitrogen and oxygen atoms in total. The predicted molar refractivity (Wildman–Crippen MR) is 85.2 cm³/mol. The van der Waals surface area contributed by atoms with Crippen molar-refractivity contribution in [3.8, 4) is 0 Å². The second kappa shape index (κ2) is 6.61. The number of nitrogens with one attached hydrogen (secondary N) is 1. The van der Waals surface area contributed by atoms with Crippen LogP contribution in [0.2, 0.25) is 0 Å². The van der Waals surface area contributed by atoms with E-state index in [4.69, 9.17) is 0 Å². The highest BCUT2D eigenvalue weighted by Crippen LogP contribution is 2.32. The molecule has 2 aliphatic rings. The quantitative estimate of drug-likeness (QED) is 0.926. The number of hydrogen-bond acceptors (Lipinski definition) is 2. The molecule has 21 heavy (non-hydrogen) atoms. The van der Waals surface area contributed by atoms with Crippen molar-refractivity contribution < 1.29 is 4.79 Å². The number of rotatable bonds is 3. The molecule has 1 aromatic carbocycles. The summed E-state index contributed by atoms with van der Waals surface area (Å²) in [5.41, 5.74) is 1.14. The number of nitrogens with zero attached hydrogens (tertiary/aromatic N) is 1. The lowest BCUT2D eigenvalue weighted by atomic mass is 9.88. The van der Waals surface area contributed by atoms with Crippen LogP contribution in [0.15, 0.2) is 30.3 Å². The van der Waals surface area contributed by atoms with Crippen LogP contribution < -0.4 is 5.32 Å². The molecule has 0 spiro atoms. The van der Waals surface area contributed by atoms with Crippen LogP contribution in [0.5, 0.6) is 0 Å². The summed E-state index contributed by atoms with van der Waals surface area (Å²) >= 11 is 0. The first-order valence-electron chi connectivity index (χ1n) is 8.33. The van der Waals surface area contributed by atoms with Crippen molar-refractivity contribution >= 4 is 5.91 Å². The fourth-order valence-electron chi connectivity index (χ4n) is 3.92. The molecule has 3 rings (SSSR count). The van der Waals surface area contributed by atoms with Gasteiger partial charge in [-0.1, -0.05) is 30.3 Å². The number of likely N-dealkylation sites (tertiary alicyclic amines) is 1. The van der Waals surface area contributed by atoms with E-state index in [2.05, 4.69) is 29.3 Å². The Bertz CT molecular complexity index is 467. The third kappa shape index (κ3) is 3.13. The lowest BCUT2D eigenvalue weighted by molar-refractivity contribution is -0.134. The summed E-state index contributed by atoms with van der Waals surface area (Å²) < 4.78 is 0. The highest BCUT2D eigenvalue weighted by Gasteiger charge is 2.36. The van der Waals surface area contributed by atoms with E-state index in [0.717, 1.165) is 25.2 Å². The zero-order chi connectivity index (χ0) is 14.7. The summed E-state index contributed by atoms with van der Waals surface area (Å²) in [5.74, 6) is 0.997. The molecule has 2 fully saturated rings. The van der Waals surface area contributed by atoms with Gasteiger partial charge in [-0.05, 0) is 57.2 Å². The Hall–Kier alpha value is -1.35. The third-order valence-corrected chi connectivity index (χ3v) is 5.18. The third-order valence-electron chi connectivity index (χ3n) is 5.18. The van der Waals surface area contributed by atoms with Crippen LogP contribution in [0.4, 0.5) is 0 Å². The van der Waals surface area contributed by atoms with Crippen molar-refractivity contribution in [1.29, 1.82) is 0 Å². The van der Waals surface area contributed by atoms with Gasteiger partial charge in [0.1, 0.15) is 0 Å². The Kier molecular flexibility index (Phi) is 4.59. The SMILES string of the molecule is CC(C(=O)N1CCCC1C1CCNCC1)c1ccccc1. The van der Waals surface area contributed by atoms with Crippen LogP contribution in [0.25, 0.3) is 0 Å². The van der Waals surface area contributed by atoms with Gasteiger partial charge in [-0.25, -0.2) is 0 Å². The van der Waals surface area contributed by atoms with E-state index in [0.29, 0.717) is 17.9 Å². The number of amides is 1. The minimum Gasteiger partial charge on any atom is -0.339 e. The van der Waals surface area contributed by atoms with Crippen LogP contribution >= 0.6 is 0 Å². The molecular formula is C18H26N2O. The molecular weight excluding hydrogens is 260 g/mol. The monoisotopic (exact) mass is 286 g/mol. The van der Waals surface area contributed by atoms with E-state index in [9.17, 15) is 4.79 Å². The van der Waals surface area contributed by atoms with Crippen LogP contribution in [0.1, 0.15) is 44.1 Å². The van der Waals surface area contributed by atoms with E-state index in [1.807, 2.05) is 18.2 Å². The molecule has 0 saturated carbocycles. The number of piperidine rings is 1. The molecule has 0 radical (unpaired) electrons. The predicted octanol–water partition coefficient (Wildman–Crippen LogP) is 2.78. The van der Waals surface area contributed by atoms with Crippen LogP contribution in [0, 0.1) is 5.92 Å². The van der Waals surface area contributed by atoms with E-state index in [1.54, 1.807) is 0 Å². The van der Waals surface area contributed by atoms with Gasteiger partial charge in [0, 0.05) is 12.6 Å². The molecule has 1 aromatic rings. The molecule has 2 heterocycles. The van der Waals surface area contributed by atoms with Crippen molar-refractivity contribution in [3.05, 3.63) is 35.9 Å². The fourth-order valence-corrected chi connectivity index (χ4v) is 3.92. The van der Waals surface area contributed by atoms with Crippen molar-refractivity contribution in [2.45, 2.75) is 44.6 Å². The maximum Gasteiger partial charge on any atom is 0.230 e. The average Bonchev–Trinajstić information content (AvgIpc) is 3.04. The molecule has 1 N–H and O–H groups in total. The topological polar surface area (TPSA) is 32.3 Å². The maximum absolute atomic E-state index is 12.9. The minimum atomic E-state index is -0.0199. The van der Waals surface area contributed by atoms with Crippen molar-refractivity contribution in [2.24, 2.45) is 5.92 Å². The van der Waals surface area contributed by atoms with Crippen molar-refractivity contribution in [1.82, 2.24) is 10.2 Å². The van der Waals surface area contributed by atoms with Crippen LogP contribution in [-0.4, -0.2) is 36.5 Å². The molecule has 2 saturated heterocycles. The Morgan fingerprint density at radius 1 is 1.19 bits per heavy atom. The summed E-state index contributed by atoms with van der Waals surface area (Å²) in [6.45, 7) is 5.22. The molecule has 0 bridgehead atoms. The summed E-state index contributed by atoms with van der Waals surface area (Å²) in [4.78, 5) is 15.1. The van der Waals surface area contributed by atoms with E-state index < -0.39 is 0 Å². The van der Waals surface area contributed by atoms with Crippen molar-refractivity contribution in [3.63, 3.8) is 0 Å². The van der Waals surface area contributed by atoms with Gasteiger partial charge in [0.05, 0.1) is 5.92 Å². The van der Waals surface area contributed by atoms with Gasteiger partial charge in [0.25, 0.3) is 0 Å². The molecule has 2 aliphatic heterocycles. The number of carbonyl (C=O) groups excluding carboxylic acids is 1. The Morgan fingerprint density at radius 2 is 1.90 bits per heavy atom. The van der Waals surface area contributed by atoms with Gasteiger partial charge < -0.3 is 10.2 Å². The first kappa shape index (κ1) is 14.6. The molecule has 1 amide bonds. The zero-order valence-electron chi connectivity index (χ0n) is 12.9. The molecule has 2 atom stereocenters. The van der Waals surface area contributed by atoms with Gasteiger partial charge in [-0.2, -0.15) is 0 Å². The minimum absolute atomic E-state index is 0.0199. The molecule has 114 valence electrons. The van der Waals surface area contributed by atoms with Crippen LogP contribution in [0.3, 0.4) is 0 Å². The molecule has 3 heteroatoms. The van der Waals surface area contributed by atoms with Gasteiger partial charge in [-0.15, -0.1) is 0 Å². The van der Waals surface area contributed by atoms with E-state index in [-0.39, 0.29) is 5.92 Å². The standard InChI is InChI=1S/C18H26N2O/c1-14(15-6-3-2-4-7-15)18(21)20-13-5-8-17(20)16-9-11-19-12-10-16/h2-4,6-7,14,16-17,19H,5,8-13H2,1H3. The van der Waals surface area contributed by atoms with Gasteiger partial charge in [0.15, 0.2) is 0 Å². The summed E-state index contributed by atoms with van der Waals surface area (Å²) in [6, 6.07) is 10.7. The Balaban J connectivity index is 1.70. The Labute approximate surface area is 127 Å². The number of hydrogen-bond donors (Lipinski definition) is 1. The highest BCUT2D eigenvalue weighted by molar-refractivity contribution is 5.83. The van der Waals surface area contributed by atoms with E-state index in [1.165, 1.54) is 25.7 Å². The summed E-state index contributed by atoms with van der Waals surface area (Å²) in [6.07, 6.45) is 4.79. The second-order valence-electron chi connectivity index (χ2n) is 6.46. The van der Waals surface area contributed by atoms with Crippen LogP contribution in [-0.2, 0) is 4.79 Å². The lowest BCUT2D eigenvalue weighted by Crippen LogP contribution is -2.45. The lowest BCUT2D eigenvalue weighted by Gasteiger charge is -2.35. The fraction of sp³-hybridized carbons (Fsp3) is 0.611. The smallest absolute Gasteiger partial charge is 0.230 e. The molecule has 2 unspecified atom stereocenters. The normalized spacial score (nSPS) is 25.0. The van der Waals surface area contributed by atoms with Gasteiger partial charge in [0.2, 0.25) is 5.91 Å². The van der Waals surface area contributed by atoms with Gasteiger partial charge >= 0.3 is 0 Å². The largest absolute Gasteiger partial charge is 0.339 e. The maximum atomic E-state index is 12.9. The summed E-state index contributed by atoms with van der Waals surface area (Å²) in [5, 5.41) is 3.43. The first-order chi connectivity index (χ1) is 10.3. The van der Waals surface area contributed by atoms with Gasteiger partial charge in [-0.3, -0.25) is 4.79 Å². The highest BCUT2D eigenvalue weighted by atomic mass is 16.2. The molecule has 0 aromatic heterocycles. The zero-order valence-corrected chi connectivity index (χ0v) is 12.9. The number of carbonyl (C=O) groups is 1. The van der Waals surface area contributed by atoms with E-state index >= 15 is 0 Å². The average molecular weight is 286 g/mol. The van der Waals surface area contributed by atoms with Crippen molar-refractivity contribution in [2.75, 3.05) is 19.6 Å². The summed E-state index contributed by atoms with van der Waals surface area (Å²) in [7, 11) is 0. The first-order valence-corrected chi connectivity index (χ1v) is 8.33. The number of benzene rings is 1. The molecule has 0 aliphatic carbocycles. The second-order valence-corrected chi connectivity index (χ2v) is 6.46.